The summed E-state index contributed by atoms with van der Waals surface area (Å²) in [6.07, 6.45) is 11.6. The summed E-state index contributed by atoms with van der Waals surface area (Å²) in [6, 6.07) is -0.363. The van der Waals surface area contributed by atoms with E-state index in [1.165, 1.54) is 25.7 Å². The first kappa shape index (κ1) is 14.8. The molecule has 1 aliphatic heterocycles. The molecule has 1 unspecified atom stereocenters. The van der Waals surface area contributed by atoms with Gasteiger partial charge in [-0.05, 0) is 31.6 Å². The summed E-state index contributed by atoms with van der Waals surface area (Å²) < 4.78 is 6.07. The van der Waals surface area contributed by atoms with Crippen molar-refractivity contribution in [3.63, 3.8) is 0 Å². The first-order valence-corrected chi connectivity index (χ1v) is 8.46. The van der Waals surface area contributed by atoms with E-state index >= 15 is 0 Å². The van der Waals surface area contributed by atoms with E-state index in [4.69, 9.17) is 4.74 Å². The maximum Gasteiger partial charge on any atom is 0.322 e. The van der Waals surface area contributed by atoms with Gasteiger partial charge in [-0.25, -0.2) is 4.79 Å². The van der Waals surface area contributed by atoms with Gasteiger partial charge in [0.15, 0.2) is 0 Å². The Hall–Kier alpha value is -1.10. The molecule has 0 radical (unpaired) electrons. The highest BCUT2D eigenvalue weighted by Gasteiger charge is 2.52. The third kappa shape index (κ3) is 3.07. The predicted molar refractivity (Wildman–Crippen MR) is 78.8 cm³/mol. The molecule has 1 atom stereocenters. The number of hydrogen-bond donors (Lipinski definition) is 2. The van der Waals surface area contributed by atoms with Crippen molar-refractivity contribution >= 4 is 11.9 Å². The van der Waals surface area contributed by atoms with Crippen molar-refractivity contribution < 1.29 is 14.3 Å². The van der Waals surface area contributed by atoms with E-state index in [-0.39, 0.29) is 24.0 Å². The molecule has 3 rings (SSSR count). The fourth-order valence-electron chi connectivity index (χ4n) is 4.09. The van der Waals surface area contributed by atoms with Crippen molar-refractivity contribution in [2.24, 2.45) is 5.92 Å². The molecule has 5 heteroatoms. The Kier molecular flexibility index (Phi) is 4.48. The molecule has 0 spiro atoms. The van der Waals surface area contributed by atoms with Crippen LogP contribution >= 0.6 is 0 Å². The molecule has 0 aromatic carbocycles. The van der Waals surface area contributed by atoms with Crippen molar-refractivity contribution in [1.82, 2.24) is 10.6 Å². The van der Waals surface area contributed by atoms with E-state index in [1.807, 2.05) is 0 Å². The third-order valence-corrected chi connectivity index (χ3v) is 5.37. The minimum atomic E-state index is -0.824. The van der Waals surface area contributed by atoms with Crippen molar-refractivity contribution in [1.29, 1.82) is 0 Å². The van der Waals surface area contributed by atoms with Crippen LogP contribution in [-0.2, 0) is 9.53 Å². The van der Waals surface area contributed by atoms with Crippen LogP contribution in [0.25, 0.3) is 0 Å². The zero-order valence-corrected chi connectivity index (χ0v) is 12.7. The fourth-order valence-corrected chi connectivity index (χ4v) is 4.09. The Balaban J connectivity index is 1.69. The molecular weight excluding hydrogens is 268 g/mol. The van der Waals surface area contributed by atoms with E-state index < -0.39 is 5.54 Å². The van der Waals surface area contributed by atoms with E-state index in [1.54, 1.807) is 0 Å². The van der Waals surface area contributed by atoms with Crippen LogP contribution in [0.3, 0.4) is 0 Å². The highest BCUT2D eigenvalue weighted by atomic mass is 16.5. The van der Waals surface area contributed by atoms with Gasteiger partial charge in [0.1, 0.15) is 5.54 Å². The van der Waals surface area contributed by atoms with Gasteiger partial charge in [0.25, 0.3) is 5.91 Å². The Labute approximate surface area is 126 Å². The number of carbonyl (C=O) groups excluding carboxylic acids is 2. The average molecular weight is 294 g/mol. The molecule has 1 heterocycles. The summed E-state index contributed by atoms with van der Waals surface area (Å²) in [5.74, 6) is 0.0245. The number of hydrogen-bond acceptors (Lipinski definition) is 3. The second-order valence-electron chi connectivity index (χ2n) is 6.79. The molecule has 118 valence electrons. The van der Waals surface area contributed by atoms with Crippen molar-refractivity contribution in [3.8, 4) is 0 Å². The molecule has 0 bridgehead atoms. The van der Waals surface area contributed by atoms with Gasteiger partial charge in [-0.3, -0.25) is 10.1 Å². The smallest absolute Gasteiger partial charge is 0.322 e. The molecular formula is C16H26N2O3. The Morgan fingerprint density at radius 2 is 1.57 bits per heavy atom. The minimum Gasteiger partial charge on any atom is -0.375 e. The lowest BCUT2D eigenvalue weighted by molar-refractivity contribution is -0.131. The first-order chi connectivity index (χ1) is 10.2. The van der Waals surface area contributed by atoms with Crippen LogP contribution < -0.4 is 10.6 Å². The van der Waals surface area contributed by atoms with E-state index in [0.29, 0.717) is 6.61 Å². The Morgan fingerprint density at radius 1 is 0.952 bits per heavy atom. The average Bonchev–Trinajstić information content (AvgIpc) is 2.82. The van der Waals surface area contributed by atoms with Crippen LogP contribution in [0.1, 0.15) is 64.2 Å². The molecule has 3 fully saturated rings. The molecule has 2 aliphatic carbocycles. The lowest BCUT2D eigenvalue weighted by atomic mass is 9.75. The number of carbonyl (C=O) groups is 2. The van der Waals surface area contributed by atoms with Crippen molar-refractivity contribution in [2.75, 3.05) is 6.61 Å². The van der Waals surface area contributed by atoms with Gasteiger partial charge in [-0.15, -0.1) is 0 Å². The van der Waals surface area contributed by atoms with Crippen LogP contribution in [0.15, 0.2) is 0 Å². The van der Waals surface area contributed by atoms with Crippen LogP contribution in [-0.4, -0.2) is 30.2 Å². The summed E-state index contributed by atoms with van der Waals surface area (Å²) >= 11 is 0. The second-order valence-corrected chi connectivity index (χ2v) is 6.79. The highest BCUT2D eigenvalue weighted by molar-refractivity contribution is 6.07. The number of amides is 3. The standard InChI is InChI=1S/C16H26N2O3/c19-14-16(18-15(20)17-14,12-7-3-1-4-8-12)11-21-13-9-5-2-6-10-13/h12-13H,1-11H2,(H2,17,18,19,20). The van der Waals surface area contributed by atoms with E-state index in [9.17, 15) is 9.59 Å². The van der Waals surface area contributed by atoms with Gasteiger partial charge < -0.3 is 10.1 Å². The van der Waals surface area contributed by atoms with Crippen molar-refractivity contribution in [3.05, 3.63) is 0 Å². The molecule has 0 aromatic heterocycles. The third-order valence-electron chi connectivity index (χ3n) is 5.37. The molecule has 21 heavy (non-hydrogen) atoms. The monoisotopic (exact) mass is 294 g/mol. The zero-order valence-electron chi connectivity index (χ0n) is 12.7. The summed E-state index contributed by atoms with van der Waals surface area (Å²) in [5, 5.41) is 5.33. The number of rotatable bonds is 4. The molecule has 2 N–H and O–H groups in total. The summed E-state index contributed by atoms with van der Waals surface area (Å²) in [6.45, 7) is 0.333. The summed E-state index contributed by atoms with van der Waals surface area (Å²) in [5.41, 5.74) is -0.824. The van der Waals surface area contributed by atoms with Gasteiger partial charge in [0.05, 0.1) is 12.7 Å². The molecule has 0 aromatic rings. The summed E-state index contributed by atoms with van der Waals surface area (Å²) in [7, 11) is 0. The molecule has 5 nitrogen and oxygen atoms in total. The van der Waals surface area contributed by atoms with Crippen LogP contribution in [0.2, 0.25) is 0 Å². The lowest BCUT2D eigenvalue weighted by Crippen LogP contribution is -2.57. The van der Waals surface area contributed by atoms with E-state index in [0.717, 1.165) is 38.5 Å². The van der Waals surface area contributed by atoms with Crippen LogP contribution in [0, 0.1) is 5.92 Å². The normalized spacial score (nSPS) is 32.0. The minimum absolute atomic E-state index is 0.185. The topological polar surface area (TPSA) is 67.4 Å². The van der Waals surface area contributed by atoms with Crippen LogP contribution in [0.4, 0.5) is 4.79 Å². The SMILES string of the molecule is O=C1NC(=O)C(COC2CCCCC2)(C2CCCCC2)N1. The van der Waals surface area contributed by atoms with Gasteiger partial charge >= 0.3 is 6.03 Å². The Morgan fingerprint density at radius 3 is 2.14 bits per heavy atom. The largest absolute Gasteiger partial charge is 0.375 e. The quantitative estimate of drug-likeness (QED) is 0.783. The van der Waals surface area contributed by atoms with Gasteiger partial charge in [0, 0.05) is 0 Å². The lowest BCUT2D eigenvalue weighted by Gasteiger charge is -2.38. The predicted octanol–water partition coefficient (Wildman–Crippen LogP) is 2.49. The van der Waals surface area contributed by atoms with Crippen molar-refractivity contribution in [2.45, 2.75) is 75.9 Å². The van der Waals surface area contributed by atoms with Gasteiger partial charge in [-0.2, -0.15) is 0 Å². The molecule has 3 aliphatic rings. The van der Waals surface area contributed by atoms with Crippen LogP contribution in [0.5, 0.6) is 0 Å². The highest BCUT2D eigenvalue weighted by Crippen LogP contribution is 2.35. The Bertz CT molecular complexity index is 400. The zero-order chi connectivity index (χ0) is 14.7. The molecule has 1 saturated heterocycles. The molecule has 2 saturated carbocycles. The number of urea groups is 1. The van der Waals surface area contributed by atoms with E-state index in [2.05, 4.69) is 10.6 Å². The van der Waals surface area contributed by atoms with Gasteiger partial charge in [0.2, 0.25) is 0 Å². The fraction of sp³-hybridized carbons (Fsp3) is 0.875. The number of nitrogens with one attached hydrogen (secondary N) is 2. The van der Waals surface area contributed by atoms with Gasteiger partial charge in [-0.1, -0.05) is 38.5 Å². The maximum absolute atomic E-state index is 12.4. The maximum atomic E-state index is 12.4. The number of ether oxygens (including phenoxy) is 1. The number of imide groups is 1. The summed E-state index contributed by atoms with van der Waals surface area (Å²) in [4.78, 5) is 24.1. The first-order valence-electron chi connectivity index (χ1n) is 8.46. The molecule has 3 amide bonds. The second kappa shape index (κ2) is 6.34.